The third kappa shape index (κ3) is 5.18. The largest absolute Gasteiger partial charge is 0.390 e. The van der Waals surface area contributed by atoms with E-state index >= 15 is 0 Å². The van der Waals surface area contributed by atoms with E-state index < -0.39 is 12.2 Å². The molecule has 0 aliphatic rings. The molecule has 0 radical (unpaired) electrons. The van der Waals surface area contributed by atoms with Crippen LogP contribution in [0.1, 0.15) is 26.7 Å². The number of aliphatic hydroxyl groups excluding tert-OH is 2. The van der Waals surface area contributed by atoms with Crippen molar-refractivity contribution in [2.45, 2.75) is 38.9 Å². The minimum atomic E-state index is -0.727. The smallest absolute Gasteiger partial charge is 0.103 e. The van der Waals surface area contributed by atoms with Crippen LogP contribution in [0.2, 0.25) is 0 Å². The normalized spacial score (nSPS) is 16.4. The maximum atomic E-state index is 9.21. The summed E-state index contributed by atoms with van der Waals surface area (Å²) < 4.78 is 4.95. The Kier molecular flexibility index (Phi) is 6.51. The zero-order valence-corrected chi connectivity index (χ0v) is 7.29. The fraction of sp³-hybridized carbons (Fsp3) is 1.00. The van der Waals surface area contributed by atoms with Crippen LogP contribution in [-0.4, -0.2) is 35.6 Å². The Morgan fingerprint density at radius 1 is 1.18 bits per heavy atom. The molecule has 3 heteroatoms. The molecule has 2 unspecified atom stereocenters. The fourth-order valence-electron chi connectivity index (χ4n) is 0.838. The van der Waals surface area contributed by atoms with Gasteiger partial charge in [-0.05, 0) is 13.3 Å². The van der Waals surface area contributed by atoms with Crippen molar-refractivity contribution in [2.75, 3.05) is 13.2 Å². The van der Waals surface area contributed by atoms with Crippen molar-refractivity contribution < 1.29 is 14.9 Å². The molecular formula is C8H18O3. The van der Waals surface area contributed by atoms with Gasteiger partial charge in [-0.2, -0.15) is 0 Å². The van der Waals surface area contributed by atoms with E-state index in [1.165, 1.54) is 0 Å². The molecule has 0 fully saturated rings. The number of aliphatic hydroxyl groups is 2. The van der Waals surface area contributed by atoms with Crippen LogP contribution in [0.3, 0.4) is 0 Å². The van der Waals surface area contributed by atoms with Gasteiger partial charge in [0.15, 0.2) is 0 Å². The summed E-state index contributed by atoms with van der Waals surface area (Å²) in [4.78, 5) is 0. The number of ether oxygens (including phenoxy) is 1. The third-order valence-electron chi connectivity index (χ3n) is 1.52. The molecule has 0 aliphatic heterocycles. The lowest BCUT2D eigenvalue weighted by molar-refractivity contribution is -0.0383. The van der Waals surface area contributed by atoms with Gasteiger partial charge in [0, 0.05) is 6.61 Å². The average molecular weight is 162 g/mol. The van der Waals surface area contributed by atoms with Crippen LogP contribution in [0.15, 0.2) is 0 Å². The number of hydrogen-bond acceptors (Lipinski definition) is 3. The highest BCUT2D eigenvalue weighted by atomic mass is 16.5. The zero-order chi connectivity index (χ0) is 8.69. The highest BCUT2D eigenvalue weighted by Gasteiger charge is 2.14. The fourth-order valence-corrected chi connectivity index (χ4v) is 0.838. The molecular weight excluding hydrogens is 144 g/mol. The van der Waals surface area contributed by atoms with E-state index in [4.69, 9.17) is 4.74 Å². The summed E-state index contributed by atoms with van der Waals surface area (Å²) in [5, 5.41) is 18.4. The third-order valence-corrected chi connectivity index (χ3v) is 1.52. The molecule has 2 N–H and O–H groups in total. The highest BCUT2D eigenvalue weighted by molar-refractivity contribution is 4.65. The predicted molar refractivity (Wildman–Crippen MR) is 43.4 cm³/mol. The number of rotatable bonds is 6. The van der Waals surface area contributed by atoms with Crippen LogP contribution >= 0.6 is 0 Å². The molecule has 0 aromatic heterocycles. The second kappa shape index (κ2) is 6.58. The van der Waals surface area contributed by atoms with Gasteiger partial charge < -0.3 is 14.9 Å². The Bertz CT molecular complexity index is 85.4. The van der Waals surface area contributed by atoms with Gasteiger partial charge in [0.1, 0.15) is 6.10 Å². The van der Waals surface area contributed by atoms with E-state index in [0.29, 0.717) is 13.0 Å². The molecule has 0 bridgehead atoms. The molecule has 3 nitrogen and oxygen atoms in total. The molecule has 68 valence electrons. The summed E-state index contributed by atoms with van der Waals surface area (Å²) in [6, 6.07) is 0. The van der Waals surface area contributed by atoms with Gasteiger partial charge in [-0.3, -0.25) is 0 Å². The summed E-state index contributed by atoms with van der Waals surface area (Å²) in [6.45, 7) is 4.64. The Balaban J connectivity index is 3.38. The van der Waals surface area contributed by atoms with Gasteiger partial charge >= 0.3 is 0 Å². The SMILES string of the molecule is CCCC(O)C(O)COCC. The maximum Gasteiger partial charge on any atom is 0.103 e. The molecule has 11 heavy (non-hydrogen) atoms. The first kappa shape index (κ1) is 10.9. The van der Waals surface area contributed by atoms with Gasteiger partial charge in [-0.1, -0.05) is 13.3 Å². The van der Waals surface area contributed by atoms with Crippen molar-refractivity contribution in [3.63, 3.8) is 0 Å². The predicted octanol–water partition coefficient (Wildman–Crippen LogP) is 0.545. The number of hydrogen-bond donors (Lipinski definition) is 2. The molecule has 0 rings (SSSR count). The zero-order valence-electron chi connectivity index (χ0n) is 7.29. The monoisotopic (exact) mass is 162 g/mol. The van der Waals surface area contributed by atoms with Crippen molar-refractivity contribution in [2.24, 2.45) is 0 Å². The van der Waals surface area contributed by atoms with Crippen LogP contribution < -0.4 is 0 Å². The summed E-state index contributed by atoms with van der Waals surface area (Å²) >= 11 is 0. The van der Waals surface area contributed by atoms with Crippen molar-refractivity contribution in [3.05, 3.63) is 0 Å². The van der Waals surface area contributed by atoms with Crippen LogP contribution in [0.25, 0.3) is 0 Å². The molecule has 0 amide bonds. The topological polar surface area (TPSA) is 49.7 Å². The van der Waals surface area contributed by atoms with Crippen molar-refractivity contribution in [3.8, 4) is 0 Å². The Morgan fingerprint density at radius 2 is 1.82 bits per heavy atom. The van der Waals surface area contributed by atoms with Gasteiger partial charge in [0.2, 0.25) is 0 Å². The van der Waals surface area contributed by atoms with Crippen molar-refractivity contribution in [1.29, 1.82) is 0 Å². The summed E-state index contributed by atoms with van der Waals surface area (Å²) in [5.74, 6) is 0. The van der Waals surface area contributed by atoms with E-state index in [9.17, 15) is 10.2 Å². The quantitative estimate of drug-likeness (QED) is 0.599. The van der Waals surface area contributed by atoms with E-state index in [0.717, 1.165) is 6.42 Å². The molecule has 2 atom stereocenters. The molecule has 0 saturated carbocycles. The lowest BCUT2D eigenvalue weighted by atomic mass is 10.1. The Morgan fingerprint density at radius 3 is 2.27 bits per heavy atom. The molecule has 0 heterocycles. The van der Waals surface area contributed by atoms with Crippen LogP contribution in [0.4, 0.5) is 0 Å². The second-order valence-corrected chi connectivity index (χ2v) is 2.58. The molecule has 0 aliphatic carbocycles. The molecule has 0 aromatic rings. The summed E-state index contributed by atoms with van der Waals surface area (Å²) in [5.41, 5.74) is 0. The average Bonchev–Trinajstić information content (AvgIpc) is 2.00. The van der Waals surface area contributed by atoms with Gasteiger partial charge in [0.25, 0.3) is 0 Å². The van der Waals surface area contributed by atoms with Gasteiger partial charge in [-0.15, -0.1) is 0 Å². The standard InChI is InChI=1S/C8H18O3/c1-3-5-7(9)8(10)6-11-4-2/h7-10H,3-6H2,1-2H3. The Labute approximate surface area is 68.0 Å². The van der Waals surface area contributed by atoms with Crippen LogP contribution in [-0.2, 0) is 4.74 Å². The first-order valence-electron chi connectivity index (χ1n) is 4.16. The Hall–Kier alpha value is -0.120. The molecule has 0 saturated heterocycles. The second-order valence-electron chi connectivity index (χ2n) is 2.58. The van der Waals surface area contributed by atoms with Crippen LogP contribution in [0, 0.1) is 0 Å². The molecule has 0 aromatic carbocycles. The van der Waals surface area contributed by atoms with Crippen molar-refractivity contribution >= 4 is 0 Å². The highest BCUT2D eigenvalue weighted by Crippen LogP contribution is 2.02. The lowest BCUT2D eigenvalue weighted by Gasteiger charge is -2.16. The molecule has 0 spiro atoms. The van der Waals surface area contributed by atoms with Crippen LogP contribution in [0.5, 0.6) is 0 Å². The minimum absolute atomic E-state index is 0.234. The van der Waals surface area contributed by atoms with Gasteiger partial charge in [-0.25, -0.2) is 0 Å². The first-order chi connectivity index (χ1) is 5.22. The first-order valence-corrected chi connectivity index (χ1v) is 4.16. The van der Waals surface area contributed by atoms with E-state index in [2.05, 4.69) is 0 Å². The van der Waals surface area contributed by atoms with E-state index in [1.54, 1.807) is 0 Å². The van der Waals surface area contributed by atoms with Gasteiger partial charge in [0.05, 0.1) is 12.7 Å². The maximum absolute atomic E-state index is 9.21. The van der Waals surface area contributed by atoms with Crippen molar-refractivity contribution in [1.82, 2.24) is 0 Å². The lowest BCUT2D eigenvalue weighted by Crippen LogP contribution is -2.30. The van der Waals surface area contributed by atoms with E-state index in [-0.39, 0.29) is 6.61 Å². The van der Waals surface area contributed by atoms with E-state index in [1.807, 2.05) is 13.8 Å². The minimum Gasteiger partial charge on any atom is -0.390 e. The summed E-state index contributed by atoms with van der Waals surface area (Å²) in [6.07, 6.45) is 0.153. The summed E-state index contributed by atoms with van der Waals surface area (Å²) in [7, 11) is 0.